The molecule has 0 aliphatic rings. The summed E-state index contributed by atoms with van der Waals surface area (Å²) in [5, 5.41) is 11.2. The molecule has 6 heteroatoms. The van der Waals surface area contributed by atoms with Crippen LogP contribution in [0.1, 0.15) is 19.2 Å². The van der Waals surface area contributed by atoms with E-state index in [1.807, 2.05) is 29.8 Å². The van der Waals surface area contributed by atoms with Crippen molar-refractivity contribution in [3.8, 4) is 5.75 Å². The first kappa shape index (κ1) is 14.2. The van der Waals surface area contributed by atoms with Crippen LogP contribution in [0.2, 0.25) is 0 Å². The molecule has 0 amide bonds. The van der Waals surface area contributed by atoms with Gasteiger partial charge in [0.2, 0.25) is 0 Å². The number of nitrogen functional groups attached to an aromatic ring is 1. The number of rotatable bonds is 7. The molecule has 1 aromatic carbocycles. The highest BCUT2D eigenvalue weighted by atomic mass is 16.5. The Labute approximate surface area is 119 Å². The Hall–Kier alpha value is -2.24. The zero-order chi connectivity index (χ0) is 14.4. The van der Waals surface area contributed by atoms with E-state index in [0.717, 1.165) is 36.6 Å². The molecule has 20 heavy (non-hydrogen) atoms. The third-order valence-corrected chi connectivity index (χ3v) is 2.88. The van der Waals surface area contributed by atoms with Crippen LogP contribution in [0, 0.1) is 0 Å². The molecule has 0 spiro atoms. The van der Waals surface area contributed by atoms with Crippen molar-refractivity contribution in [1.82, 2.24) is 14.8 Å². The van der Waals surface area contributed by atoms with Gasteiger partial charge in [-0.1, -0.05) is 6.92 Å². The van der Waals surface area contributed by atoms with E-state index in [1.165, 1.54) is 0 Å². The Kier molecular flexibility index (Phi) is 4.81. The first-order chi connectivity index (χ1) is 9.69. The Bertz CT molecular complexity index is 552. The number of anilines is 2. The monoisotopic (exact) mass is 275 g/mol. The zero-order valence-electron chi connectivity index (χ0n) is 12.0. The fourth-order valence-electron chi connectivity index (χ4n) is 1.88. The van der Waals surface area contributed by atoms with Crippen molar-refractivity contribution < 1.29 is 4.74 Å². The minimum atomic E-state index is 0.694. The van der Waals surface area contributed by atoms with Gasteiger partial charge in [0.25, 0.3) is 0 Å². The van der Waals surface area contributed by atoms with Crippen LogP contribution < -0.4 is 15.8 Å². The lowest BCUT2D eigenvalue weighted by atomic mass is 10.2. The average Bonchev–Trinajstić information content (AvgIpc) is 2.82. The number of benzene rings is 1. The standard InChI is InChI=1S/C14H21N5O/c1-3-6-20-13-8-11(15)7-12(9-13)16-5-4-14-18-17-10-19(14)2/h7-10,16H,3-6,15H2,1-2H3. The highest BCUT2D eigenvalue weighted by Gasteiger charge is 2.02. The van der Waals surface area contributed by atoms with Crippen LogP contribution in [0.3, 0.4) is 0 Å². The maximum absolute atomic E-state index is 5.88. The van der Waals surface area contributed by atoms with Crippen LogP contribution in [-0.2, 0) is 13.5 Å². The van der Waals surface area contributed by atoms with Crippen LogP contribution in [-0.4, -0.2) is 27.9 Å². The van der Waals surface area contributed by atoms with Gasteiger partial charge in [-0.25, -0.2) is 0 Å². The van der Waals surface area contributed by atoms with Gasteiger partial charge in [0.1, 0.15) is 17.9 Å². The Balaban J connectivity index is 1.91. The predicted molar refractivity (Wildman–Crippen MR) is 79.8 cm³/mol. The van der Waals surface area contributed by atoms with Crippen molar-refractivity contribution in [2.75, 3.05) is 24.2 Å². The molecule has 1 heterocycles. The van der Waals surface area contributed by atoms with Crippen molar-refractivity contribution in [1.29, 1.82) is 0 Å². The number of hydrogen-bond donors (Lipinski definition) is 2. The molecule has 3 N–H and O–H groups in total. The molecule has 1 aromatic heterocycles. The maximum Gasteiger partial charge on any atom is 0.134 e. The van der Waals surface area contributed by atoms with E-state index in [1.54, 1.807) is 6.33 Å². The second kappa shape index (κ2) is 6.79. The number of nitrogens with zero attached hydrogens (tertiary/aromatic N) is 3. The number of nitrogens with two attached hydrogens (primary N) is 1. The summed E-state index contributed by atoms with van der Waals surface area (Å²) in [6, 6.07) is 5.70. The summed E-state index contributed by atoms with van der Waals surface area (Å²) >= 11 is 0. The van der Waals surface area contributed by atoms with Crippen molar-refractivity contribution in [3.63, 3.8) is 0 Å². The normalized spacial score (nSPS) is 10.5. The molecule has 0 fully saturated rings. The molecule has 0 atom stereocenters. The fraction of sp³-hybridized carbons (Fsp3) is 0.429. The number of ether oxygens (including phenoxy) is 1. The van der Waals surface area contributed by atoms with Gasteiger partial charge >= 0.3 is 0 Å². The Morgan fingerprint density at radius 1 is 1.35 bits per heavy atom. The SMILES string of the molecule is CCCOc1cc(N)cc(NCCc2nncn2C)c1. The lowest BCUT2D eigenvalue weighted by Gasteiger charge is -2.10. The lowest BCUT2D eigenvalue weighted by Crippen LogP contribution is -2.09. The molecule has 108 valence electrons. The summed E-state index contributed by atoms with van der Waals surface area (Å²) in [6.07, 6.45) is 3.48. The first-order valence-electron chi connectivity index (χ1n) is 6.79. The summed E-state index contributed by atoms with van der Waals surface area (Å²) in [5.41, 5.74) is 7.53. The van der Waals surface area contributed by atoms with Gasteiger partial charge in [-0.05, 0) is 12.5 Å². The zero-order valence-corrected chi connectivity index (χ0v) is 12.0. The molecule has 0 bridgehead atoms. The predicted octanol–water partition coefficient (Wildman–Crippen LogP) is 1.84. The lowest BCUT2D eigenvalue weighted by molar-refractivity contribution is 0.318. The van der Waals surface area contributed by atoms with E-state index in [0.29, 0.717) is 12.3 Å². The number of aryl methyl sites for hydroxylation is 1. The van der Waals surface area contributed by atoms with Crippen molar-refractivity contribution in [2.45, 2.75) is 19.8 Å². The number of nitrogens with one attached hydrogen (secondary N) is 1. The van der Waals surface area contributed by atoms with Crippen LogP contribution in [0.25, 0.3) is 0 Å². The second-order valence-electron chi connectivity index (χ2n) is 4.67. The molecule has 2 aromatic rings. The number of hydrogen-bond acceptors (Lipinski definition) is 5. The Morgan fingerprint density at radius 3 is 2.90 bits per heavy atom. The quantitative estimate of drug-likeness (QED) is 0.754. The van der Waals surface area contributed by atoms with Gasteiger partial charge in [0.05, 0.1) is 6.61 Å². The summed E-state index contributed by atoms with van der Waals surface area (Å²) in [4.78, 5) is 0. The van der Waals surface area contributed by atoms with Gasteiger partial charge in [-0.15, -0.1) is 10.2 Å². The van der Waals surface area contributed by atoms with E-state index >= 15 is 0 Å². The molecule has 2 rings (SSSR count). The van der Waals surface area contributed by atoms with E-state index in [2.05, 4.69) is 22.4 Å². The van der Waals surface area contributed by atoms with Crippen molar-refractivity contribution in [3.05, 3.63) is 30.4 Å². The van der Waals surface area contributed by atoms with E-state index in [9.17, 15) is 0 Å². The smallest absolute Gasteiger partial charge is 0.134 e. The van der Waals surface area contributed by atoms with Crippen LogP contribution in [0.5, 0.6) is 5.75 Å². The van der Waals surface area contributed by atoms with Gasteiger partial charge in [-0.2, -0.15) is 0 Å². The van der Waals surface area contributed by atoms with Gasteiger partial charge in [0, 0.05) is 43.5 Å². The van der Waals surface area contributed by atoms with Gasteiger partial charge in [-0.3, -0.25) is 0 Å². The average molecular weight is 275 g/mol. The van der Waals surface area contributed by atoms with Crippen molar-refractivity contribution in [2.24, 2.45) is 7.05 Å². The molecule has 6 nitrogen and oxygen atoms in total. The minimum absolute atomic E-state index is 0.694. The van der Waals surface area contributed by atoms with E-state index in [4.69, 9.17) is 10.5 Å². The molecule has 0 aliphatic carbocycles. The summed E-state index contributed by atoms with van der Waals surface area (Å²) in [6.45, 7) is 3.54. The van der Waals surface area contributed by atoms with E-state index < -0.39 is 0 Å². The Morgan fingerprint density at radius 2 is 2.20 bits per heavy atom. The van der Waals surface area contributed by atoms with Gasteiger partial charge < -0.3 is 20.4 Å². The fourth-order valence-corrected chi connectivity index (χ4v) is 1.88. The van der Waals surface area contributed by atoms with E-state index in [-0.39, 0.29) is 0 Å². The second-order valence-corrected chi connectivity index (χ2v) is 4.67. The maximum atomic E-state index is 5.88. The molecule has 0 unspecified atom stereocenters. The van der Waals surface area contributed by atoms with Crippen LogP contribution >= 0.6 is 0 Å². The third-order valence-electron chi connectivity index (χ3n) is 2.88. The molecular formula is C14H21N5O. The largest absolute Gasteiger partial charge is 0.493 e. The highest BCUT2D eigenvalue weighted by molar-refractivity contribution is 5.59. The summed E-state index contributed by atoms with van der Waals surface area (Å²) in [5.74, 6) is 1.75. The van der Waals surface area contributed by atoms with Crippen LogP contribution in [0.15, 0.2) is 24.5 Å². The molecule has 0 radical (unpaired) electrons. The summed E-state index contributed by atoms with van der Waals surface area (Å²) < 4.78 is 7.52. The molecule has 0 aliphatic heterocycles. The molecule has 0 saturated heterocycles. The molecular weight excluding hydrogens is 254 g/mol. The van der Waals surface area contributed by atoms with Crippen LogP contribution in [0.4, 0.5) is 11.4 Å². The van der Waals surface area contributed by atoms with Crippen molar-refractivity contribution >= 4 is 11.4 Å². The van der Waals surface area contributed by atoms with Gasteiger partial charge in [0.15, 0.2) is 0 Å². The highest BCUT2D eigenvalue weighted by Crippen LogP contribution is 2.22. The minimum Gasteiger partial charge on any atom is -0.493 e. The molecule has 0 saturated carbocycles. The summed E-state index contributed by atoms with van der Waals surface area (Å²) in [7, 11) is 1.94. The first-order valence-corrected chi connectivity index (χ1v) is 6.79. The number of aromatic nitrogens is 3. The third kappa shape index (κ3) is 3.88. The topological polar surface area (TPSA) is 78.0 Å².